The molecule has 0 saturated heterocycles. The van der Waals surface area contributed by atoms with Gasteiger partial charge in [-0.2, -0.15) is 0 Å². The van der Waals surface area contributed by atoms with Crippen LogP contribution in [0.5, 0.6) is 11.5 Å². The van der Waals surface area contributed by atoms with E-state index < -0.39 is 0 Å². The second-order valence-electron chi connectivity index (χ2n) is 6.76. The Morgan fingerprint density at radius 3 is 2.76 bits per heavy atom. The second-order valence-corrected chi connectivity index (χ2v) is 7.82. The first-order chi connectivity index (χ1) is 14.3. The molecule has 29 heavy (non-hydrogen) atoms. The molecule has 2 aromatic carbocycles. The number of nitrogens with zero attached hydrogens (tertiary/aromatic N) is 3. The molecule has 0 unspecified atom stereocenters. The summed E-state index contributed by atoms with van der Waals surface area (Å²) in [6.07, 6.45) is 2.25. The van der Waals surface area contributed by atoms with Crippen LogP contribution in [0.4, 0.5) is 0 Å². The first kappa shape index (κ1) is 19.8. The van der Waals surface area contributed by atoms with E-state index in [4.69, 9.17) is 14.2 Å². The molecule has 2 heterocycles. The predicted octanol–water partition coefficient (Wildman–Crippen LogP) is 4.63. The van der Waals surface area contributed by atoms with E-state index in [-0.39, 0.29) is 6.79 Å². The van der Waals surface area contributed by atoms with Crippen LogP contribution in [0.2, 0.25) is 0 Å². The number of ether oxygens (including phenoxy) is 3. The zero-order valence-corrected chi connectivity index (χ0v) is 17.4. The summed E-state index contributed by atoms with van der Waals surface area (Å²) in [5, 5.41) is 9.83. The van der Waals surface area contributed by atoms with Gasteiger partial charge in [0, 0.05) is 17.9 Å². The maximum absolute atomic E-state index is 5.69. The zero-order chi connectivity index (χ0) is 19.9. The first-order valence-electron chi connectivity index (χ1n) is 9.93. The Labute approximate surface area is 175 Å². The summed E-state index contributed by atoms with van der Waals surface area (Å²) in [5.74, 6) is 3.28. The van der Waals surface area contributed by atoms with Crippen molar-refractivity contribution >= 4 is 11.8 Å². The van der Waals surface area contributed by atoms with Crippen molar-refractivity contribution in [3.05, 3.63) is 54.1 Å². The lowest BCUT2D eigenvalue weighted by atomic mass is 10.2. The molecule has 1 aliphatic rings. The fraction of sp³-hybridized carbons (Fsp3) is 0.364. The van der Waals surface area contributed by atoms with Gasteiger partial charge in [0.1, 0.15) is 0 Å². The molecule has 1 aromatic heterocycles. The average molecular weight is 412 g/mol. The molecule has 0 radical (unpaired) electrons. The summed E-state index contributed by atoms with van der Waals surface area (Å²) >= 11 is 1.67. The number of thioether (sulfide) groups is 1. The van der Waals surface area contributed by atoms with Crippen molar-refractivity contribution in [3.8, 4) is 22.9 Å². The first-order valence-corrected chi connectivity index (χ1v) is 10.9. The van der Waals surface area contributed by atoms with Crippen molar-refractivity contribution in [3.63, 3.8) is 0 Å². The number of benzene rings is 2. The van der Waals surface area contributed by atoms with Crippen LogP contribution < -0.4 is 9.47 Å². The number of hydrogen-bond acceptors (Lipinski definition) is 6. The van der Waals surface area contributed by atoms with Crippen LogP contribution >= 0.6 is 11.8 Å². The van der Waals surface area contributed by atoms with Crippen molar-refractivity contribution in [2.45, 2.75) is 31.5 Å². The number of hydrogen-bond donors (Lipinski definition) is 0. The Bertz CT molecular complexity index is 930. The summed E-state index contributed by atoms with van der Waals surface area (Å²) in [6.45, 7) is 4.63. The van der Waals surface area contributed by atoms with Crippen LogP contribution in [0.1, 0.15) is 25.3 Å². The van der Waals surface area contributed by atoms with Gasteiger partial charge in [-0.25, -0.2) is 0 Å². The molecule has 1 aliphatic heterocycles. The second kappa shape index (κ2) is 9.80. The van der Waals surface area contributed by atoms with Gasteiger partial charge in [-0.3, -0.25) is 4.57 Å². The van der Waals surface area contributed by atoms with Gasteiger partial charge in [0.15, 0.2) is 22.5 Å². The Kier molecular flexibility index (Phi) is 6.69. The number of rotatable bonds is 10. The minimum atomic E-state index is 0.278. The Morgan fingerprint density at radius 1 is 1.03 bits per heavy atom. The molecular weight excluding hydrogens is 386 g/mol. The minimum absolute atomic E-state index is 0.278. The van der Waals surface area contributed by atoms with E-state index in [1.54, 1.807) is 11.8 Å². The van der Waals surface area contributed by atoms with Crippen LogP contribution in [0.3, 0.4) is 0 Å². The molecule has 7 heteroatoms. The topological polar surface area (TPSA) is 58.4 Å². The van der Waals surface area contributed by atoms with E-state index in [1.807, 2.05) is 30.3 Å². The largest absolute Gasteiger partial charge is 0.454 e. The zero-order valence-electron chi connectivity index (χ0n) is 16.5. The van der Waals surface area contributed by atoms with Gasteiger partial charge in [-0.05, 0) is 24.1 Å². The number of unbranched alkanes of at least 4 members (excludes halogenated alkanes) is 1. The molecule has 152 valence electrons. The molecule has 0 amide bonds. The van der Waals surface area contributed by atoms with Gasteiger partial charge < -0.3 is 14.2 Å². The molecule has 0 N–H and O–H groups in total. The van der Waals surface area contributed by atoms with Crippen molar-refractivity contribution in [2.24, 2.45) is 0 Å². The molecule has 6 nitrogen and oxygen atoms in total. The maximum Gasteiger partial charge on any atom is 0.231 e. The quantitative estimate of drug-likeness (QED) is 0.358. The normalized spacial score (nSPS) is 12.4. The molecule has 0 saturated carbocycles. The third-order valence-electron chi connectivity index (χ3n) is 4.63. The highest BCUT2D eigenvalue weighted by molar-refractivity contribution is 7.99. The van der Waals surface area contributed by atoms with E-state index in [9.17, 15) is 0 Å². The SMILES string of the molecule is CCCCOCCSc1nnc(-c2ccccc2)n1Cc1ccc2c(c1)OCO2. The number of fused-ring (bicyclic) bond motifs is 1. The van der Waals surface area contributed by atoms with Gasteiger partial charge in [-0.15, -0.1) is 10.2 Å². The molecule has 0 bridgehead atoms. The van der Waals surface area contributed by atoms with Gasteiger partial charge in [0.05, 0.1) is 13.2 Å². The summed E-state index contributed by atoms with van der Waals surface area (Å²) in [7, 11) is 0. The van der Waals surface area contributed by atoms with Gasteiger partial charge in [0.2, 0.25) is 6.79 Å². The molecule has 0 spiro atoms. The highest BCUT2D eigenvalue weighted by atomic mass is 32.2. The van der Waals surface area contributed by atoms with Crippen molar-refractivity contribution in [1.82, 2.24) is 14.8 Å². The van der Waals surface area contributed by atoms with Crippen LogP contribution in [-0.2, 0) is 11.3 Å². The lowest BCUT2D eigenvalue weighted by Gasteiger charge is -2.11. The summed E-state index contributed by atoms with van der Waals surface area (Å²) in [5.41, 5.74) is 2.17. The van der Waals surface area contributed by atoms with E-state index >= 15 is 0 Å². The van der Waals surface area contributed by atoms with Crippen LogP contribution in [0.25, 0.3) is 11.4 Å². The minimum Gasteiger partial charge on any atom is -0.454 e. The average Bonchev–Trinajstić information content (AvgIpc) is 3.38. The molecule has 0 aliphatic carbocycles. The highest BCUT2D eigenvalue weighted by Gasteiger charge is 2.17. The fourth-order valence-electron chi connectivity index (χ4n) is 3.10. The van der Waals surface area contributed by atoms with Crippen molar-refractivity contribution < 1.29 is 14.2 Å². The smallest absolute Gasteiger partial charge is 0.231 e. The fourth-order valence-corrected chi connectivity index (χ4v) is 3.89. The molecule has 0 fully saturated rings. The third-order valence-corrected chi connectivity index (χ3v) is 5.56. The monoisotopic (exact) mass is 411 g/mol. The summed E-state index contributed by atoms with van der Waals surface area (Å²) < 4.78 is 18.8. The van der Waals surface area contributed by atoms with Crippen LogP contribution in [0.15, 0.2) is 53.7 Å². The van der Waals surface area contributed by atoms with Crippen LogP contribution in [0, 0.1) is 0 Å². The van der Waals surface area contributed by atoms with Gasteiger partial charge >= 0.3 is 0 Å². The summed E-state index contributed by atoms with van der Waals surface area (Å²) in [6, 6.07) is 16.2. The number of aromatic nitrogens is 3. The summed E-state index contributed by atoms with van der Waals surface area (Å²) in [4.78, 5) is 0. The Hall–Kier alpha value is -2.51. The van der Waals surface area contributed by atoms with E-state index in [0.717, 1.165) is 58.8 Å². The third kappa shape index (κ3) is 4.92. The predicted molar refractivity (Wildman–Crippen MR) is 114 cm³/mol. The lowest BCUT2D eigenvalue weighted by molar-refractivity contribution is 0.147. The van der Waals surface area contributed by atoms with Crippen molar-refractivity contribution in [1.29, 1.82) is 0 Å². The Morgan fingerprint density at radius 2 is 1.90 bits per heavy atom. The van der Waals surface area contributed by atoms with Gasteiger partial charge in [-0.1, -0.05) is 61.5 Å². The molecule has 4 rings (SSSR count). The molecule has 0 atom stereocenters. The van der Waals surface area contributed by atoms with E-state index in [2.05, 4.69) is 39.9 Å². The lowest BCUT2D eigenvalue weighted by Crippen LogP contribution is -2.06. The molecular formula is C22H25N3O3S. The standard InChI is InChI=1S/C22H25N3O3S/c1-2-3-11-26-12-13-29-22-24-23-21(18-7-5-4-6-8-18)25(22)15-17-9-10-19-20(14-17)28-16-27-19/h4-10,14H,2-3,11-13,15-16H2,1H3. The van der Waals surface area contributed by atoms with Crippen molar-refractivity contribution in [2.75, 3.05) is 25.8 Å². The van der Waals surface area contributed by atoms with E-state index in [0.29, 0.717) is 13.2 Å². The maximum atomic E-state index is 5.69. The van der Waals surface area contributed by atoms with Crippen LogP contribution in [-0.4, -0.2) is 40.5 Å². The highest BCUT2D eigenvalue weighted by Crippen LogP contribution is 2.33. The van der Waals surface area contributed by atoms with Gasteiger partial charge in [0.25, 0.3) is 0 Å². The Balaban J connectivity index is 1.53. The van der Waals surface area contributed by atoms with E-state index in [1.165, 1.54) is 0 Å². The molecule has 3 aromatic rings.